The first-order valence-corrected chi connectivity index (χ1v) is 12.9. The standard InChI is InChI=1S/C26H23FN2O10S/c1-36-28-16-22(27)24(38-26(31)19-10-6-3-7-11-19)23(17-37-25(30)18-8-4-2-5-9-18)39-40(34,35)21-14-12-20(13-15-21)29(32)33/h2-16,22-24H,17H2,1H3. The number of rotatable bonds is 13. The van der Waals surface area contributed by atoms with Crippen LogP contribution in [0.1, 0.15) is 20.7 Å². The maximum absolute atomic E-state index is 15.4. The SMILES string of the molecule is CON=CC(F)C(OC(=O)c1ccccc1)C(COC(=O)c1ccccc1)OS(=O)(=O)c1ccc([N+](=O)[O-])cc1. The van der Waals surface area contributed by atoms with E-state index >= 15 is 4.39 Å². The van der Waals surface area contributed by atoms with E-state index in [0.717, 1.165) is 31.4 Å². The molecule has 0 saturated heterocycles. The third kappa shape index (κ3) is 8.15. The van der Waals surface area contributed by atoms with Crippen molar-refractivity contribution in [1.82, 2.24) is 0 Å². The molecule has 0 aliphatic heterocycles. The fourth-order valence-electron chi connectivity index (χ4n) is 3.26. The molecule has 3 atom stereocenters. The normalized spacial score (nSPS) is 13.7. The van der Waals surface area contributed by atoms with E-state index in [2.05, 4.69) is 9.99 Å². The summed E-state index contributed by atoms with van der Waals surface area (Å²) in [5.41, 5.74) is -0.266. The monoisotopic (exact) mass is 574 g/mol. The number of carbonyl (C=O) groups excluding carboxylic acids is 2. The van der Waals surface area contributed by atoms with Crippen molar-refractivity contribution in [3.8, 4) is 0 Å². The third-order valence-corrected chi connectivity index (χ3v) is 6.57. The Hall–Kier alpha value is -4.69. The molecule has 0 fully saturated rings. The highest BCUT2D eigenvalue weighted by atomic mass is 32.2. The molecule has 12 nitrogen and oxygen atoms in total. The Morgan fingerprint density at radius 2 is 1.50 bits per heavy atom. The van der Waals surface area contributed by atoms with Crippen LogP contribution in [0.15, 0.2) is 95.0 Å². The number of carbonyl (C=O) groups is 2. The molecule has 0 aromatic heterocycles. The molecular weight excluding hydrogens is 551 g/mol. The molecule has 0 aliphatic carbocycles. The first-order chi connectivity index (χ1) is 19.1. The highest BCUT2D eigenvalue weighted by Crippen LogP contribution is 2.23. The average molecular weight is 575 g/mol. The Bertz CT molecular complexity index is 1440. The second kappa shape index (κ2) is 13.9. The topological polar surface area (TPSA) is 161 Å². The van der Waals surface area contributed by atoms with Crippen molar-refractivity contribution in [1.29, 1.82) is 0 Å². The number of ether oxygens (including phenoxy) is 2. The number of non-ortho nitro benzene ring substituents is 1. The van der Waals surface area contributed by atoms with Gasteiger partial charge in [-0.25, -0.2) is 14.0 Å². The highest BCUT2D eigenvalue weighted by Gasteiger charge is 2.39. The Labute approximate surface area is 228 Å². The summed E-state index contributed by atoms with van der Waals surface area (Å²) in [5.74, 6) is -1.93. The Morgan fingerprint density at radius 1 is 0.950 bits per heavy atom. The van der Waals surface area contributed by atoms with Crippen molar-refractivity contribution in [2.24, 2.45) is 5.16 Å². The van der Waals surface area contributed by atoms with Crippen molar-refractivity contribution in [3.05, 3.63) is 106 Å². The molecule has 0 heterocycles. The smallest absolute Gasteiger partial charge is 0.338 e. The number of nitro groups is 1. The Kier molecular flexibility index (Phi) is 10.4. The second-order valence-corrected chi connectivity index (χ2v) is 9.49. The summed E-state index contributed by atoms with van der Waals surface area (Å²) in [7, 11) is -3.63. The zero-order chi connectivity index (χ0) is 29.1. The van der Waals surface area contributed by atoms with Gasteiger partial charge in [-0.2, -0.15) is 8.42 Å². The van der Waals surface area contributed by atoms with Gasteiger partial charge in [-0.3, -0.25) is 14.3 Å². The van der Waals surface area contributed by atoms with Crippen LogP contribution >= 0.6 is 0 Å². The van der Waals surface area contributed by atoms with Gasteiger partial charge in [-0.05, 0) is 36.4 Å². The lowest BCUT2D eigenvalue weighted by atomic mass is 10.1. The van der Waals surface area contributed by atoms with Crippen molar-refractivity contribution in [2.45, 2.75) is 23.3 Å². The van der Waals surface area contributed by atoms with Gasteiger partial charge < -0.3 is 14.3 Å². The van der Waals surface area contributed by atoms with Gasteiger partial charge in [0, 0.05) is 12.1 Å². The van der Waals surface area contributed by atoms with Gasteiger partial charge in [-0.1, -0.05) is 41.6 Å². The van der Waals surface area contributed by atoms with Crippen LogP contribution in [-0.4, -0.2) is 63.6 Å². The van der Waals surface area contributed by atoms with E-state index in [1.807, 2.05) is 0 Å². The van der Waals surface area contributed by atoms with E-state index < -0.39 is 56.9 Å². The van der Waals surface area contributed by atoms with Gasteiger partial charge in [0.2, 0.25) is 0 Å². The van der Waals surface area contributed by atoms with Gasteiger partial charge in [-0.15, -0.1) is 0 Å². The summed E-state index contributed by atoms with van der Waals surface area (Å²) in [6.07, 6.45) is -5.63. The molecule has 3 rings (SSSR count). The fourth-order valence-corrected chi connectivity index (χ4v) is 4.33. The van der Waals surface area contributed by atoms with Crippen molar-refractivity contribution < 1.29 is 45.8 Å². The minimum atomic E-state index is -4.76. The van der Waals surface area contributed by atoms with E-state index in [4.69, 9.17) is 13.7 Å². The third-order valence-electron chi connectivity index (χ3n) is 5.22. The van der Waals surface area contributed by atoms with Gasteiger partial charge in [0.1, 0.15) is 13.7 Å². The van der Waals surface area contributed by atoms with Crippen molar-refractivity contribution >= 4 is 34.0 Å². The molecule has 3 unspecified atom stereocenters. The summed E-state index contributed by atoms with van der Waals surface area (Å²) in [6.45, 7) is -0.881. The van der Waals surface area contributed by atoms with E-state index in [-0.39, 0.29) is 16.8 Å². The molecule has 14 heteroatoms. The van der Waals surface area contributed by atoms with Gasteiger partial charge in [0.25, 0.3) is 15.8 Å². The molecule has 210 valence electrons. The molecule has 0 saturated carbocycles. The summed E-state index contributed by atoms with van der Waals surface area (Å²) >= 11 is 0. The van der Waals surface area contributed by atoms with Gasteiger partial charge in [0.05, 0.1) is 27.2 Å². The number of nitro benzene ring substituents is 1. The van der Waals surface area contributed by atoms with Crippen LogP contribution in [0.2, 0.25) is 0 Å². The minimum Gasteiger partial charge on any atom is -0.459 e. The first-order valence-electron chi connectivity index (χ1n) is 11.5. The number of esters is 2. The Morgan fingerprint density at radius 3 is 2.02 bits per heavy atom. The maximum atomic E-state index is 15.4. The number of halogens is 1. The molecule has 0 aliphatic rings. The number of alkyl halides is 1. The van der Waals surface area contributed by atoms with Crippen molar-refractivity contribution in [2.75, 3.05) is 13.7 Å². The van der Waals surface area contributed by atoms with Crippen molar-refractivity contribution in [3.63, 3.8) is 0 Å². The van der Waals surface area contributed by atoms with Crippen LogP contribution in [0.3, 0.4) is 0 Å². The number of benzene rings is 3. The lowest BCUT2D eigenvalue weighted by Gasteiger charge is -2.27. The molecule has 0 N–H and O–H groups in total. The van der Waals surface area contributed by atoms with Gasteiger partial charge in [0.15, 0.2) is 18.4 Å². The summed E-state index contributed by atoms with van der Waals surface area (Å²) in [5, 5.41) is 14.3. The highest BCUT2D eigenvalue weighted by molar-refractivity contribution is 7.86. The largest absolute Gasteiger partial charge is 0.459 e. The molecule has 3 aromatic carbocycles. The quantitative estimate of drug-likeness (QED) is 0.0967. The molecule has 0 spiro atoms. The molecule has 40 heavy (non-hydrogen) atoms. The van der Waals surface area contributed by atoms with Crippen LogP contribution < -0.4 is 0 Å². The molecule has 0 amide bonds. The van der Waals surface area contributed by atoms with Crippen LogP contribution in [0.5, 0.6) is 0 Å². The van der Waals surface area contributed by atoms with Crippen LogP contribution in [-0.2, 0) is 28.6 Å². The molecule has 3 aromatic rings. The molecular formula is C26H23FN2O10S. The van der Waals surface area contributed by atoms with E-state index in [1.165, 1.54) is 36.4 Å². The predicted molar refractivity (Wildman–Crippen MR) is 138 cm³/mol. The number of oxime groups is 1. The zero-order valence-corrected chi connectivity index (χ0v) is 21.7. The second-order valence-electron chi connectivity index (χ2n) is 7.92. The summed E-state index contributed by atoms with van der Waals surface area (Å²) in [6, 6.07) is 18.8. The number of hydrogen-bond acceptors (Lipinski definition) is 11. The number of hydrogen-bond donors (Lipinski definition) is 0. The van der Waals surface area contributed by atoms with Gasteiger partial charge >= 0.3 is 11.9 Å². The Balaban J connectivity index is 1.96. The average Bonchev–Trinajstić information content (AvgIpc) is 2.97. The molecule has 0 radical (unpaired) electrons. The van der Waals surface area contributed by atoms with Crippen LogP contribution in [0.25, 0.3) is 0 Å². The van der Waals surface area contributed by atoms with E-state index in [0.29, 0.717) is 6.21 Å². The predicted octanol–water partition coefficient (Wildman–Crippen LogP) is 3.72. The lowest BCUT2D eigenvalue weighted by Crippen LogP contribution is -2.45. The summed E-state index contributed by atoms with van der Waals surface area (Å²) in [4.78, 5) is 39.5. The lowest BCUT2D eigenvalue weighted by molar-refractivity contribution is -0.384. The number of nitrogens with zero attached hydrogens (tertiary/aromatic N) is 2. The minimum absolute atomic E-state index is 0.0154. The first kappa shape index (κ1) is 29.9. The molecule has 0 bridgehead atoms. The van der Waals surface area contributed by atoms with Crippen LogP contribution in [0, 0.1) is 10.1 Å². The van der Waals surface area contributed by atoms with E-state index in [1.54, 1.807) is 24.3 Å². The van der Waals surface area contributed by atoms with Crippen LogP contribution in [0.4, 0.5) is 10.1 Å². The fraction of sp³-hybridized carbons (Fsp3) is 0.192. The maximum Gasteiger partial charge on any atom is 0.338 e. The van der Waals surface area contributed by atoms with E-state index in [9.17, 15) is 28.1 Å². The zero-order valence-electron chi connectivity index (χ0n) is 20.9. The summed E-state index contributed by atoms with van der Waals surface area (Å²) < 4.78 is 57.2.